The highest BCUT2D eigenvalue weighted by atomic mass is 16.5. The summed E-state index contributed by atoms with van der Waals surface area (Å²) in [5.41, 5.74) is 3.40. The van der Waals surface area contributed by atoms with Gasteiger partial charge < -0.3 is 10.1 Å². The van der Waals surface area contributed by atoms with E-state index in [0.29, 0.717) is 23.7 Å². The molecular formula is C19H19NO2. The average molecular weight is 293 g/mol. The zero-order chi connectivity index (χ0) is 15.7. The maximum absolute atomic E-state index is 12.3. The van der Waals surface area contributed by atoms with Crippen molar-refractivity contribution in [1.82, 2.24) is 5.32 Å². The predicted molar refractivity (Wildman–Crippen MR) is 87.4 cm³/mol. The van der Waals surface area contributed by atoms with Crippen molar-refractivity contribution in [2.24, 2.45) is 0 Å². The SMILES string of the molecule is C=C1Cc2cccc(Oc3ccccc3C(C)C)c2C(=O)N1. The van der Waals surface area contributed by atoms with E-state index in [1.807, 2.05) is 36.4 Å². The fraction of sp³-hybridized carbons (Fsp3) is 0.211. The van der Waals surface area contributed by atoms with E-state index in [2.05, 4.69) is 31.8 Å². The molecule has 1 heterocycles. The molecule has 2 aromatic carbocycles. The molecule has 0 atom stereocenters. The first-order chi connectivity index (χ1) is 10.6. The maximum atomic E-state index is 12.3. The molecule has 3 heteroatoms. The van der Waals surface area contributed by atoms with Gasteiger partial charge in [-0.2, -0.15) is 0 Å². The molecule has 2 aromatic rings. The number of amides is 1. The number of fused-ring (bicyclic) bond motifs is 1. The van der Waals surface area contributed by atoms with Gasteiger partial charge >= 0.3 is 0 Å². The molecule has 0 radical (unpaired) electrons. The number of hydrogen-bond acceptors (Lipinski definition) is 2. The normalized spacial score (nSPS) is 13.8. The lowest BCUT2D eigenvalue weighted by Crippen LogP contribution is -2.29. The Morgan fingerprint density at radius 1 is 1.09 bits per heavy atom. The molecule has 1 aliphatic heterocycles. The van der Waals surface area contributed by atoms with Crippen LogP contribution in [0.15, 0.2) is 54.7 Å². The van der Waals surface area contributed by atoms with Crippen LogP contribution in [0, 0.1) is 0 Å². The number of benzene rings is 2. The van der Waals surface area contributed by atoms with Gasteiger partial charge in [0.05, 0.1) is 5.56 Å². The van der Waals surface area contributed by atoms with Crippen molar-refractivity contribution < 1.29 is 9.53 Å². The quantitative estimate of drug-likeness (QED) is 0.910. The molecule has 0 spiro atoms. The number of allylic oxidation sites excluding steroid dienone is 1. The minimum Gasteiger partial charge on any atom is -0.456 e. The Kier molecular flexibility index (Phi) is 3.72. The van der Waals surface area contributed by atoms with E-state index in [4.69, 9.17) is 4.74 Å². The molecule has 0 saturated carbocycles. The monoisotopic (exact) mass is 293 g/mol. The van der Waals surface area contributed by atoms with Crippen molar-refractivity contribution in [1.29, 1.82) is 0 Å². The lowest BCUT2D eigenvalue weighted by atomic mass is 9.97. The summed E-state index contributed by atoms with van der Waals surface area (Å²) in [6.45, 7) is 8.09. The molecule has 1 amide bonds. The summed E-state index contributed by atoms with van der Waals surface area (Å²) in [5, 5.41) is 2.79. The van der Waals surface area contributed by atoms with Crippen LogP contribution in [-0.2, 0) is 6.42 Å². The first-order valence-corrected chi connectivity index (χ1v) is 7.44. The van der Waals surface area contributed by atoms with Gasteiger partial charge in [0, 0.05) is 12.1 Å². The fourth-order valence-corrected chi connectivity index (χ4v) is 2.73. The van der Waals surface area contributed by atoms with Gasteiger partial charge in [-0.05, 0) is 29.2 Å². The Morgan fingerprint density at radius 2 is 1.82 bits per heavy atom. The molecule has 1 aliphatic rings. The Hall–Kier alpha value is -2.55. The lowest BCUT2D eigenvalue weighted by Gasteiger charge is -2.22. The van der Waals surface area contributed by atoms with E-state index in [9.17, 15) is 4.79 Å². The molecule has 3 rings (SSSR count). The van der Waals surface area contributed by atoms with Crippen molar-refractivity contribution in [3.05, 3.63) is 71.4 Å². The van der Waals surface area contributed by atoms with Crippen molar-refractivity contribution in [2.45, 2.75) is 26.2 Å². The van der Waals surface area contributed by atoms with Gasteiger partial charge in [0.15, 0.2) is 0 Å². The summed E-state index contributed by atoms with van der Waals surface area (Å²) in [6, 6.07) is 13.6. The zero-order valence-electron chi connectivity index (χ0n) is 12.8. The van der Waals surface area contributed by atoms with Crippen LogP contribution in [0.4, 0.5) is 0 Å². The van der Waals surface area contributed by atoms with Crippen molar-refractivity contribution in [3.8, 4) is 11.5 Å². The van der Waals surface area contributed by atoms with Crippen LogP contribution in [0.5, 0.6) is 11.5 Å². The molecule has 112 valence electrons. The third-order valence-corrected chi connectivity index (χ3v) is 3.79. The van der Waals surface area contributed by atoms with Crippen molar-refractivity contribution in [3.63, 3.8) is 0 Å². The minimum atomic E-state index is -0.149. The summed E-state index contributed by atoms with van der Waals surface area (Å²) in [7, 11) is 0. The second-order valence-electron chi connectivity index (χ2n) is 5.82. The van der Waals surface area contributed by atoms with Crippen LogP contribution in [0.2, 0.25) is 0 Å². The minimum absolute atomic E-state index is 0.149. The van der Waals surface area contributed by atoms with Crippen LogP contribution in [0.1, 0.15) is 41.3 Å². The summed E-state index contributed by atoms with van der Waals surface area (Å²) in [5.74, 6) is 1.59. The molecule has 0 fully saturated rings. The summed E-state index contributed by atoms with van der Waals surface area (Å²) in [4.78, 5) is 12.3. The zero-order valence-corrected chi connectivity index (χ0v) is 12.8. The molecular weight excluding hydrogens is 274 g/mol. The maximum Gasteiger partial charge on any atom is 0.259 e. The van der Waals surface area contributed by atoms with Crippen molar-refractivity contribution in [2.75, 3.05) is 0 Å². The summed E-state index contributed by atoms with van der Waals surface area (Å²) >= 11 is 0. The smallest absolute Gasteiger partial charge is 0.259 e. The molecule has 0 unspecified atom stereocenters. The number of para-hydroxylation sites is 1. The van der Waals surface area contributed by atoms with E-state index in [0.717, 1.165) is 22.6 Å². The van der Waals surface area contributed by atoms with Gasteiger partial charge in [-0.3, -0.25) is 4.79 Å². The van der Waals surface area contributed by atoms with E-state index in [-0.39, 0.29) is 5.91 Å². The molecule has 0 aliphatic carbocycles. The number of carbonyl (C=O) groups is 1. The van der Waals surface area contributed by atoms with Gasteiger partial charge in [-0.25, -0.2) is 0 Å². The topological polar surface area (TPSA) is 38.3 Å². The van der Waals surface area contributed by atoms with Crippen LogP contribution in [0.3, 0.4) is 0 Å². The van der Waals surface area contributed by atoms with E-state index in [1.165, 1.54) is 0 Å². The molecule has 0 bridgehead atoms. The standard InChI is InChI=1S/C19H19NO2/c1-12(2)15-8-4-5-9-16(15)22-17-10-6-7-14-11-13(3)20-19(21)18(14)17/h4-10,12H,3,11H2,1-2H3,(H,20,21). The van der Waals surface area contributed by atoms with E-state index in [1.54, 1.807) is 0 Å². The second-order valence-corrected chi connectivity index (χ2v) is 5.82. The molecule has 0 aromatic heterocycles. The van der Waals surface area contributed by atoms with Gasteiger partial charge in [-0.15, -0.1) is 0 Å². The highest BCUT2D eigenvalue weighted by Crippen LogP contribution is 2.34. The van der Waals surface area contributed by atoms with Crippen LogP contribution in [-0.4, -0.2) is 5.91 Å². The summed E-state index contributed by atoms with van der Waals surface area (Å²) < 4.78 is 6.08. The first-order valence-electron chi connectivity index (χ1n) is 7.44. The van der Waals surface area contributed by atoms with Crippen LogP contribution < -0.4 is 10.1 Å². The lowest BCUT2D eigenvalue weighted by molar-refractivity contribution is 0.0957. The number of carbonyl (C=O) groups excluding carboxylic acids is 1. The van der Waals surface area contributed by atoms with Gasteiger partial charge in [0.2, 0.25) is 0 Å². The number of hydrogen-bond donors (Lipinski definition) is 1. The Bertz CT molecular complexity index is 747. The number of nitrogens with one attached hydrogen (secondary N) is 1. The fourth-order valence-electron chi connectivity index (χ4n) is 2.73. The van der Waals surface area contributed by atoms with E-state index < -0.39 is 0 Å². The highest BCUT2D eigenvalue weighted by Gasteiger charge is 2.23. The molecule has 22 heavy (non-hydrogen) atoms. The van der Waals surface area contributed by atoms with E-state index >= 15 is 0 Å². The summed E-state index contributed by atoms with van der Waals surface area (Å²) in [6.07, 6.45) is 0.643. The average Bonchev–Trinajstić information content (AvgIpc) is 2.47. The first kappa shape index (κ1) is 14.4. The Labute approximate surface area is 130 Å². The predicted octanol–water partition coefficient (Wildman–Crippen LogP) is 4.40. The Morgan fingerprint density at radius 3 is 2.59 bits per heavy atom. The molecule has 3 nitrogen and oxygen atoms in total. The Balaban J connectivity index is 2.03. The molecule has 1 N–H and O–H groups in total. The largest absolute Gasteiger partial charge is 0.456 e. The third kappa shape index (κ3) is 2.62. The third-order valence-electron chi connectivity index (χ3n) is 3.79. The van der Waals surface area contributed by atoms with Crippen LogP contribution >= 0.6 is 0 Å². The van der Waals surface area contributed by atoms with Crippen LogP contribution in [0.25, 0.3) is 0 Å². The second kappa shape index (κ2) is 5.68. The number of ether oxygens (including phenoxy) is 1. The highest BCUT2D eigenvalue weighted by molar-refractivity contribution is 6.00. The van der Waals surface area contributed by atoms with Gasteiger partial charge in [0.25, 0.3) is 5.91 Å². The van der Waals surface area contributed by atoms with Crippen molar-refractivity contribution >= 4 is 5.91 Å². The van der Waals surface area contributed by atoms with Gasteiger partial charge in [-0.1, -0.05) is 50.8 Å². The number of rotatable bonds is 3. The van der Waals surface area contributed by atoms with Gasteiger partial charge in [0.1, 0.15) is 11.5 Å². The molecule has 0 saturated heterocycles.